The van der Waals surface area contributed by atoms with Crippen LogP contribution in [0.25, 0.3) is 0 Å². The molecule has 0 saturated heterocycles. The first-order valence-corrected chi connectivity index (χ1v) is 8.22. The molecular formula is C16H25NO2S. The lowest BCUT2D eigenvalue weighted by molar-refractivity contribution is -0.142. The van der Waals surface area contributed by atoms with Gasteiger partial charge in [-0.15, -0.1) is 11.8 Å². The van der Waals surface area contributed by atoms with Crippen molar-refractivity contribution in [1.82, 2.24) is 5.32 Å². The number of rotatable bonds is 9. The highest BCUT2D eigenvalue weighted by Crippen LogP contribution is 2.28. The molecule has 1 aromatic rings. The summed E-state index contributed by atoms with van der Waals surface area (Å²) < 4.78 is 5.15. The van der Waals surface area contributed by atoms with Crippen LogP contribution in [-0.2, 0) is 16.1 Å². The highest BCUT2D eigenvalue weighted by Gasteiger charge is 2.20. The van der Waals surface area contributed by atoms with E-state index in [0.29, 0.717) is 6.61 Å². The van der Waals surface area contributed by atoms with E-state index in [9.17, 15) is 4.79 Å². The number of benzene rings is 1. The van der Waals surface area contributed by atoms with Crippen molar-refractivity contribution in [3.63, 3.8) is 0 Å². The van der Waals surface area contributed by atoms with Gasteiger partial charge in [0.2, 0.25) is 0 Å². The Balaban J connectivity index is 2.69. The van der Waals surface area contributed by atoms with Crippen LogP contribution >= 0.6 is 11.8 Å². The smallest absolute Gasteiger partial charge is 0.319 e. The molecule has 0 radical (unpaired) electrons. The van der Waals surface area contributed by atoms with E-state index in [1.165, 1.54) is 5.56 Å². The largest absolute Gasteiger partial charge is 0.465 e. The second kappa shape index (κ2) is 9.83. The number of hydrogen-bond donors (Lipinski definition) is 1. The van der Waals surface area contributed by atoms with Gasteiger partial charge in [0.05, 0.1) is 6.61 Å². The Hall–Kier alpha value is -1.00. The monoisotopic (exact) mass is 295 g/mol. The third kappa shape index (κ3) is 5.97. The summed E-state index contributed by atoms with van der Waals surface area (Å²) >= 11 is 1.61. The Morgan fingerprint density at radius 2 is 2.15 bits per heavy atom. The molecule has 0 bridgehead atoms. The second-order valence-corrected chi connectivity index (χ2v) is 5.85. The third-order valence-electron chi connectivity index (χ3n) is 2.86. The van der Waals surface area contributed by atoms with E-state index < -0.39 is 0 Å². The van der Waals surface area contributed by atoms with Gasteiger partial charge in [-0.05, 0) is 37.6 Å². The van der Waals surface area contributed by atoms with Crippen LogP contribution in [-0.4, -0.2) is 24.4 Å². The maximum absolute atomic E-state index is 11.9. The minimum Gasteiger partial charge on any atom is -0.465 e. The number of thioether (sulfide) groups is 1. The van der Waals surface area contributed by atoms with Gasteiger partial charge in [-0.3, -0.25) is 4.79 Å². The predicted molar refractivity (Wildman–Crippen MR) is 85.0 cm³/mol. The van der Waals surface area contributed by atoms with E-state index in [2.05, 4.69) is 37.4 Å². The molecule has 3 nitrogen and oxygen atoms in total. The lowest BCUT2D eigenvalue weighted by Gasteiger charge is -2.15. The van der Waals surface area contributed by atoms with Gasteiger partial charge in [-0.25, -0.2) is 0 Å². The summed E-state index contributed by atoms with van der Waals surface area (Å²) in [6, 6.07) is 8.35. The molecule has 0 aliphatic carbocycles. The molecule has 0 amide bonds. The Morgan fingerprint density at radius 3 is 2.80 bits per heavy atom. The van der Waals surface area contributed by atoms with Gasteiger partial charge in [-0.1, -0.05) is 32.4 Å². The SMILES string of the molecule is CCCC(Sc1cccc(CNCC)c1)C(=O)OCC. The molecule has 0 aliphatic heterocycles. The van der Waals surface area contributed by atoms with Crippen LogP contribution in [0, 0.1) is 0 Å². The van der Waals surface area contributed by atoms with Crippen LogP contribution in [0.3, 0.4) is 0 Å². The quantitative estimate of drug-likeness (QED) is 0.558. The molecule has 1 atom stereocenters. The molecule has 4 heteroatoms. The van der Waals surface area contributed by atoms with Crippen molar-refractivity contribution >= 4 is 17.7 Å². The predicted octanol–water partition coefficient (Wildman–Crippen LogP) is 3.62. The molecule has 112 valence electrons. The molecule has 0 aromatic heterocycles. The Kier molecular flexibility index (Phi) is 8.38. The molecule has 20 heavy (non-hydrogen) atoms. The summed E-state index contributed by atoms with van der Waals surface area (Å²) in [7, 11) is 0. The highest BCUT2D eigenvalue weighted by atomic mass is 32.2. The van der Waals surface area contributed by atoms with Crippen molar-refractivity contribution in [3.8, 4) is 0 Å². The van der Waals surface area contributed by atoms with Crippen LogP contribution < -0.4 is 5.32 Å². The molecule has 1 unspecified atom stereocenters. The minimum absolute atomic E-state index is 0.101. The first-order chi connectivity index (χ1) is 9.71. The van der Waals surface area contributed by atoms with Crippen LogP contribution in [0.5, 0.6) is 0 Å². The Bertz CT molecular complexity index is 409. The third-order valence-corrected chi connectivity index (χ3v) is 4.10. The molecule has 1 N–H and O–H groups in total. The maximum atomic E-state index is 11.9. The fourth-order valence-corrected chi connectivity index (χ4v) is 3.11. The number of ether oxygens (including phenoxy) is 1. The highest BCUT2D eigenvalue weighted by molar-refractivity contribution is 8.00. The molecule has 1 rings (SSSR count). The van der Waals surface area contributed by atoms with Gasteiger partial charge in [0.1, 0.15) is 5.25 Å². The van der Waals surface area contributed by atoms with Crippen molar-refractivity contribution in [2.24, 2.45) is 0 Å². The van der Waals surface area contributed by atoms with Gasteiger partial charge in [-0.2, -0.15) is 0 Å². The van der Waals surface area contributed by atoms with Crippen molar-refractivity contribution in [2.45, 2.75) is 50.3 Å². The van der Waals surface area contributed by atoms with Crippen LogP contribution in [0.15, 0.2) is 29.2 Å². The fourth-order valence-electron chi connectivity index (χ4n) is 1.88. The van der Waals surface area contributed by atoms with Gasteiger partial charge in [0, 0.05) is 11.4 Å². The summed E-state index contributed by atoms with van der Waals surface area (Å²) in [6.07, 6.45) is 1.83. The molecule has 0 saturated carbocycles. The van der Waals surface area contributed by atoms with Crippen LogP contribution in [0.4, 0.5) is 0 Å². The van der Waals surface area contributed by atoms with Gasteiger partial charge in [0.25, 0.3) is 0 Å². The number of carbonyl (C=O) groups is 1. The maximum Gasteiger partial charge on any atom is 0.319 e. The Labute approximate surface area is 126 Å². The van der Waals surface area contributed by atoms with Crippen LogP contribution in [0.1, 0.15) is 39.2 Å². The van der Waals surface area contributed by atoms with Crippen LogP contribution in [0.2, 0.25) is 0 Å². The normalized spacial score (nSPS) is 12.2. The minimum atomic E-state index is -0.102. The first-order valence-electron chi connectivity index (χ1n) is 7.34. The molecule has 0 aliphatic rings. The zero-order valence-electron chi connectivity index (χ0n) is 12.6. The average molecular weight is 295 g/mol. The van der Waals surface area contributed by atoms with E-state index in [-0.39, 0.29) is 11.2 Å². The first kappa shape index (κ1) is 17.1. The lowest BCUT2D eigenvalue weighted by atomic mass is 10.2. The molecule has 0 fully saturated rings. The van der Waals surface area contributed by atoms with E-state index in [0.717, 1.165) is 30.8 Å². The molecule has 0 heterocycles. The summed E-state index contributed by atoms with van der Waals surface area (Å²) in [6.45, 7) is 8.30. The van der Waals surface area contributed by atoms with Crippen molar-refractivity contribution in [2.75, 3.05) is 13.2 Å². The Morgan fingerprint density at radius 1 is 1.35 bits per heavy atom. The second-order valence-electron chi connectivity index (χ2n) is 4.57. The topological polar surface area (TPSA) is 38.3 Å². The van der Waals surface area contributed by atoms with Crippen molar-refractivity contribution in [1.29, 1.82) is 0 Å². The van der Waals surface area contributed by atoms with E-state index in [4.69, 9.17) is 4.74 Å². The number of esters is 1. The lowest BCUT2D eigenvalue weighted by Crippen LogP contribution is -2.20. The number of hydrogen-bond acceptors (Lipinski definition) is 4. The van der Waals surface area contributed by atoms with Crippen molar-refractivity contribution < 1.29 is 9.53 Å². The summed E-state index contributed by atoms with van der Waals surface area (Å²) in [4.78, 5) is 13.1. The van der Waals surface area contributed by atoms with Gasteiger partial charge < -0.3 is 10.1 Å². The molecule has 1 aromatic carbocycles. The van der Waals surface area contributed by atoms with E-state index in [1.807, 2.05) is 13.0 Å². The summed E-state index contributed by atoms with van der Waals surface area (Å²) in [5.41, 5.74) is 1.25. The zero-order valence-corrected chi connectivity index (χ0v) is 13.5. The number of nitrogens with one attached hydrogen (secondary N) is 1. The van der Waals surface area contributed by atoms with E-state index >= 15 is 0 Å². The average Bonchev–Trinajstić information content (AvgIpc) is 2.45. The zero-order chi connectivity index (χ0) is 14.8. The molecular weight excluding hydrogens is 270 g/mol. The van der Waals surface area contributed by atoms with E-state index in [1.54, 1.807) is 11.8 Å². The summed E-state index contributed by atoms with van der Waals surface area (Å²) in [5.74, 6) is -0.101. The molecule has 0 spiro atoms. The fraction of sp³-hybridized carbons (Fsp3) is 0.562. The summed E-state index contributed by atoms with van der Waals surface area (Å²) in [5, 5.41) is 3.21. The van der Waals surface area contributed by atoms with Gasteiger partial charge in [0.15, 0.2) is 0 Å². The number of carbonyl (C=O) groups excluding carboxylic acids is 1. The standard InChI is InChI=1S/C16H25NO2S/c1-4-8-15(16(18)19-6-3)20-14-10-7-9-13(11-14)12-17-5-2/h7,9-11,15,17H,4-6,8,12H2,1-3H3. The van der Waals surface area contributed by atoms with Crippen molar-refractivity contribution in [3.05, 3.63) is 29.8 Å². The van der Waals surface area contributed by atoms with Gasteiger partial charge >= 0.3 is 5.97 Å².